The summed E-state index contributed by atoms with van der Waals surface area (Å²) >= 11 is 5.57. The first kappa shape index (κ1) is 17.4. The van der Waals surface area contributed by atoms with Crippen molar-refractivity contribution in [2.24, 2.45) is 0 Å². The van der Waals surface area contributed by atoms with Crippen LogP contribution in [0.1, 0.15) is 24.9 Å². The van der Waals surface area contributed by atoms with Crippen LogP contribution < -0.4 is 0 Å². The molecule has 0 aliphatic carbocycles. The molecule has 0 saturated heterocycles. The third kappa shape index (κ3) is 3.91. The van der Waals surface area contributed by atoms with Crippen LogP contribution in [0, 0.1) is 5.82 Å². The van der Waals surface area contributed by atoms with Crippen molar-refractivity contribution in [3.8, 4) is 0 Å². The molecule has 0 amide bonds. The molecule has 0 saturated carbocycles. The molecule has 1 aromatic carbocycles. The minimum absolute atomic E-state index is 0.333. The molecule has 1 rings (SSSR count). The van der Waals surface area contributed by atoms with Crippen molar-refractivity contribution in [2.75, 3.05) is 26.5 Å². The molecule has 1 unspecified atom stereocenters. The van der Waals surface area contributed by atoms with Gasteiger partial charge in [-0.1, -0.05) is 18.2 Å². The van der Waals surface area contributed by atoms with E-state index in [0.717, 1.165) is 0 Å². The predicted molar refractivity (Wildman–Crippen MR) is 79.5 cm³/mol. The van der Waals surface area contributed by atoms with Crippen LogP contribution in [0.3, 0.4) is 0 Å². The number of hydrogen-bond donors (Lipinski definition) is 0. The fraction of sp³-hybridized carbons (Fsp3) is 0.538. The second kappa shape index (κ2) is 7.36. The van der Waals surface area contributed by atoms with Gasteiger partial charge < -0.3 is 0 Å². The molecule has 4 nitrogen and oxygen atoms in total. The lowest BCUT2D eigenvalue weighted by atomic mass is 10.1. The highest BCUT2D eigenvalue weighted by atomic mass is 35.5. The summed E-state index contributed by atoms with van der Waals surface area (Å²) in [5.41, 5.74) is 0.351. The zero-order chi connectivity index (χ0) is 15.3. The van der Waals surface area contributed by atoms with Crippen molar-refractivity contribution in [3.63, 3.8) is 0 Å². The van der Waals surface area contributed by atoms with E-state index in [9.17, 15) is 12.8 Å². The Balaban J connectivity index is 2.93. The Labute approximate surface area is 125 Å². The summed E-state index contributed by atoms with van der Waals surface area (Å²) in [6, 6.07) is 5.59. The number of halogens is 2. The Kier molecular flexibility index (Phi) is 6.39. The van der Waals surface area contributed by atoms with Gasteiger partial charge in [0.05, 0.1) is 6.04 Å². The van der Waals surface area contributed by atoms with Crippen LogP contribution in [0.5, 0.6) is 0 Å². The molecule has 1 atom stereocenters. The van der Waals surface area contributed by atoms with Crippen LogP contribution in [0.4, 0.5) is 4.39 Å². The van der Waals surface area contributed by atoms with Gasteiger partial charge in [0.2, 0.25) is 0 Å². The van der Waals surface area contributed by atoms with Gasteiger partial charge in [-0.2, -0.15) is 17.0 Å². The number of alkyl halides is 1. The van der Waals surface area contributed by atoms with Crippen LogP contribution in [0.2, 0.25) is 0 Å². The molecule has 1 aromatic rings. The van der Waals surface area contributed by atoms with Crippen molar-refractivity contribution < 1.29 is 12.8 Å². The topological polar surface area (TPSA) is 40.6 Å². The van der Waals surface area contributed by atoms with Gasteiger partial charge in [-0.15, -0.1) is 11.6 Å². The maximum atomic E-state index is 13.7. The summed E-state index contributed by atoms with van der Waals surface area (Å²) < 4.78 is 40.8. The van der Waals surface area contributed by atoms with Crippen LogP contribution in [-0.4, -0.2) is 43.5 Å². The van der Waals surface area contributed by atoms with Crippen LogP contribution >= 0.6 is 11.6 Å². The third-order valence-electron chi connectivity index (χ3n) is 3.27. The SMILES string of the molecule is CC(c1ccccc1F)N(C)S(=O)(=O)N(C)CCCCl. The van der Waals surface area contributed by atoms with Crippen LogP contribution in [0.15, 0.2) is 24.3 Å². The van der Waals surface area contributed by atoms with E-state index >= 15 is 0 Å². The van der Waals surface area contributed by atoms with Crippen LogP contribution in [-0.2, 0) is 10.2 Å². The van der Waals surface area contributed by atoms with E-state index in [1.54, 1.807) is 25.1 Å². The first-order chi connectivity index (χ1) is 9.32. The number of rotatable bonds is 7. The fourth-order valence-electron chi connectivity index (χ4n) is 1.83. The Bertz CT molecular complexity index is 539. The normalized spacial score (nSPS) is 13.9. The molecule has 0 N–H and O–H groups in total. The first-order valence-electron chi connectivity index (χ1n) is 6.32. The molecule has 0 aliphatic heterocycles. The zero-order valence-corrected chi connectivity index (χ0v) is 13.5. The quantitative estimate of drug-likeness (QED) is 0.724. The van der Waals surface area contributed by atoms with Gasteiger partial charge in [0.25, 0.3) is 10.2 Å². The molecule has 7 heteroatoms. The molecule has 0 bridgehead atoms. The highest BCUT2D eigenvalue weighted by molar-refractivity contribution is 7.86. The van der Waals surface area contributed by atoms with Gasteiger partial charge >= 0.3 is 0 Å². The standard InChI is InChI=1S/C13H20ClFN2O2S/c1-11(12-7-4-5-8-13(12)15)17(3)20(18,19)16(2)10-6-9-14/h4-5,7-8,11H,6,9-10H2,1-3H3. The highest BCUT2D eigenvalue weighted by Gasteiger charge is 2.29. The average Bonchev–Trinajstić information content (AvgIpc) is 2.43. The lowest BCUT2D eigenvalue weighted by Gasteiger charge is -2.29. The predicted octanol–water partition coefficient (Wildman–Crippen LogP) is 2.62. The molecular formula is C13H20ClFN2O2S. The molecule has 0 aliphatic rings. The van der Waals surface area contributed by atoms with Gasteiger partial charge in [0, 0.05) is 32.1 Å². The first-order valence-corrected chi connectivity index (χ1v) is 8.25. The molecule has 0 radical (unpaired) electrons. The van der Waals surface area contributed by atoms with Gasteiger partial charge in [0.15, 0.2) is 0 Å². The maximum absolute atomic E-state index is 13.7. The number of benzene rings is 1. The van der Waals surface area contributed by atoms with E-state index in [0.29, 0.717) is 24.4 Å². The summed E-state index contributed by atoms with van der Waals surface area (Å²) in [5, 5.41) is 0. The average molecular weight is 323 g/mol. The van der Waals surface area contributed by atoms with Gasteiger partial charge in [0.1, 0.15) is 5.82 Å². The van der Waals surface area contributed by atoms with E-state index in [1.807, 2.05) is 0 Å². The smallest absolute Gasteiger partial charge is 0.207 e. The van der Waals surface area contributed by atoms with E-state index < -0.39 is 22.1 Å². The van der Waals surface area contributed by atoms with Crippen LogP contribution in [0.25, 0.3) is 0 Å². The van der Waals surface area contributed by atoms with Crippen molar-refractivity contribution in [2.45, 2.75) is 19.4 Å². The molecule has 0 heterocycles. The molecule has 0 aromatic heterocycles. The largest absolute Gasteiger partial charge is 0.282 e. The molecule has 0 fully saturated rings. The van der Waals surface area contributed by atoms with E-state index in [1.165, 1.54) is 28.8 Å². The van der Waals surface area contributed by atoms with Crippen molar-refractivity contribution in [3.05, 3.63) is 35.6 Å². The highest BCUT2D eigenvalue weighted by Crippen LogP contribution is 2.24. The molecular weight excluding hydrogens is 303 g/mol. The number of hydrogen-bond acceptors (Lipinski definition) is 2. The van der Waals surface area contributed by atoms with Gasteiger partial charge in [-0.05, 0) is 19.4 Å². The fourth-order valence-corrected chi connectivity index (χ4v) is 3.26. The molecule has 0 spiro atoms. The maximum Gasteiger partial charge on any atom is 0.282 e. The van der Waals surface area contributed by atoms with Gasteiger partial charge in [-0.3, -0.25) is 0 Å². The van der Waals surface area contributed by atoms with E-state index in [4.69, 9.17) is 11.6 Å². The van der Waals surface area contributed by atoms with Crippen molar-refractivity contribution in [1.29, 1.82) is 0 Å². The van der Waals surface area contributed by atoms with E-state index in [-0.39, 0.29) is 0 Å². The Hall–Kier alpha value is -0.690. The number of nitrogens with zero attached hydrogens (tertiary/aromatic N) is 2. The van der Waals surface area contributed by atoms with Gasteiger partial charge in [-0.25, -0.2) is 4.39 Å². The summed E-state index contributed by atoms with van der Waals surface area (Å²) in [7, 11) is -0.693. The van der Waals surface area contributed by atoms with E-state index in [2.05, 4.69) is 0 Å². The summed E-state index contributed by atoms with van der Waals surface area (Å²) in [4.78, 5) is 0. The van der Waals surface area contributed by atoms with Crippen molar-refractivity contribution >= 4 is 21.8 Å². The summed E-state index contributed by atoms with van der Waals surface area (Å²) in [5.74, 6) is -0.0163. The third-order valence-corrected chi connectivity index (χ3v) is 5.55. The Morgan fingerprint density at radius 1 is 1.30 bits per heavy atom. The minimum atomic E-state index is -3.63. The lowest BCUT2D eigenvalue weighted by molar-refractivity contribution is 0.344. The second-order valence-electron chi connectivity index (χ2n) is 4.59. The zero-order valence-electron chi connectivity index (χ0n) is 11.9. The summed E-state index contributed by atoms with van der Waals surface area (Å²) in [6.07, 6.45) is 0.569. The summed E-state index contributed by atoms with van der Waals surface area (Å²) in [6.45, 7) is 1.99. The Morgan fingerprint density at radius 3 is 2.45 bits per heavy atom. The Morgan fingerprint density at radius 2 is 1.90 bits per heavy atom. The monoisotopic (exact) mass is 322 g/mol. The lowest BCUT2D eigenvalue weighted by Crippen LogP contribution is -2.41. The minimum Gasteiger partial charge on any atom is -0.207 e. The molecule has 114 valence electrons. The second-order valence-corrected chi connectivity index (χ2v) is 7.06. The molecule has 20 heavy (non-hydrogen) atoms. The van der Waals surface area contributed by atoms with Crippen molar-refractivity contribution in [1.82, 2.24) is 8.61 Å².